The molecule has 3 aromatic carbocycles. The number of amides is 2. The third-order valence-corrected chi connectivity index (χ3v) is 13.2. The molecule has 290 valence electrons. The van der Waals surface area contributed by atoms with Crippen LogP contribution >= 0.6 is 11.6 Å². The zero-order valence-corrected chi connectivity index (χ0v) is 33.0. The third kappa shape index (κ3) is 8.24. The number of hydrogen-bond donors (Lipinski definition) is 1. The Morgan fingerprint density at radius 3 is 2.60 bits per heavy atom. The quantitative estimate of drug-likeness (QED) is 0.192. The molecule has 2 amide bonds. The second-order valence-electron chi connectivity index (χ2n) is 15.2. The molecule has 0 bridgehead atoms. The van der Waals surface area contributed by atoms with E-state index in [1.54, 1.807) is 18.4 Å². The highest BCUT2D eigenvalue weighted by Crippen LogP contribution is 2.37. The van der Waals surface area contributed by atoms with E-state index in [0.717, 1.165) is 117 Å². The number of benzene rings is 3. The number of halogens is 2. The van der Waals surface area contributed by atoms with Gasteiger partial charge in [0.2, 0.25) is 5.91 Å². The molecule has 8 rings (SSSR count). The van der Waals surface area contributed by atoms with Crippen molar-refractivity contribution in [3.05, 3.63) is 93.9 Å². The summed E-state index contributed by atoms with van der Waals surface area (Å²) < 4.78 is 30.6. The lowest BCUT2D eigenvalue weighted by Gasteiger charge is -2.36. The van der Waals surface area contributed by atoms with Crippen molar-refractivity contribution in [1.29, 1.82) is 0 Å². The monoisotopic (exact) mass is 785 g/mol. The molecule has 0 saturated carbocycles. The maximum Gasteiger partial charge on any atom is 0.251 e. The molecule has 4 aromatic rings. The SMILES string of the molecule is CS(=O)N1CCc2c(c(-c3ccc(Cl)c(-c4cccc(C(=O)NCCN5CCc6ccc(F)cc65)c4)c3)nn2CCCN2CCC(N3CCCC3=O)CC2)C1. The largest absolute Gasteiger partial charge is 0.369 e. The molecule has 10 nitrogen and oxygen atoms in total. The number of rotatable bonds is 12. The first-order valence-electron chi connectivity index (χ1n) is 19.6. The Bertz CT molecular complexity index is 2100. The molecule has 5 heterocycles. The molecule has 1 aromatic heterocycles. The van der Waals surface area contributed by atoms with Gasteiger partial charge in [0, 0.05) is 123 Å². The Balaban J connectivity index is 0.953. The number of aromatic nitrogens is 2. The topological polar surface area (TPSA) is 94.0 Å². The van der Waals surface area contributed by atoms with Crippen molar-refractivity contribution >= 4 is 40.1 Å². The average molecular weight is 786 g/mol. The summed E-state index contributed by atoms with van der Waals surface area (Å²) in [6.45, 7) is 7.82. The first-order chi connectivity index (χ1) is 26.7. The second-order valence-corrected chi connectivity index (χ2v) is 17.0. The van der Waals surface area contributed by atoms with E-state index in [1.165, 1.54) is 11.8 Å². The van der Waals surface area contributed by atoms with Gasteiger partial charge < -0.3 is 20.0 Å². The fourth-order valence-corrected chi connectivity index (χ4v) is 9.72. The summed E-state index contributed by atoms with van der Waals surface area (Å²) in [5.41, 5.74) is 8.28. The first kappa shape index (κ1) is 37.8. The number of aryl methyl sites for hydroxylation is 1. The molecule has 0 aliphatic carbocycles. The highest BCUT2D eigenvalue weighted by atomic mass is 35.5. The number of fused-ring (bicyclic) bond motifs is 2. The van der Waals surface area contributed by atoms with Gasteiger partial charge in [0.25, 0.3) is 5.91 Å². The molecule has 0 spiro atoms. The molecular formula is C42H49ClFN7O3S. The van der Waals surface area contributed by atoms with Crippen molar-refractivity contribution in [2.24, 2.45) is 0 Å². The lowest BCUT2D eigenvalue weighted by atomic mass is 9.97. The predicted molar refractivity (Wildman–Crippen MR) is 216 cm³/mol. The summed E-state index contributed by atoms with van der Waals surface area (Å²) in [4.78, 5) is 32.3. The van der Waals surface area contributed by atoms with E-state index in [-0.39, 0.29) is 11.7 Å². The lowest BCUT2D eigenvalue weighted by Crippen LogP contribution is -2.45. The maximum atomic E-state index is 13.9. The highest BCUT2D eigenvalue weighted by Gasteiger charge is 2.31. The molecule has 4 aliphatic rings. The number of carbonyl (C=O) groups excluding carboxylic acids is 2. The van der Waals surface area contributed by atoms with Gasteiger partial charge in [-0.1, -0.05) is 35.9 Å². The van der Waals surface area contributed by atoms with Gasteiger partial charge in [0.05, 0.1) is 16.7 Å². The Morgan fingerprint density at radius 1 is 0.945 bits per heavy atom. The number of anilines is 1. The van der Waals surface area contributed by atoms with E-state index < -0.39 is 11.0 Å². The summed E-state index contributed by atoms with van der Waals surface area (Å²) in [6, 6.07) is 18.7. The molecule has 13 heteroatoms. The van der Waals surface area contributed by atoms with E-state index in [1.807, 2.05) is 46.8 Å². The van der Waals surface area contributed by atoms with E-state index >= 15 is 0 Å². The van der Waals surface area contributed by atoms with Crippen LogP contribution in [0.4, 0.5) is 10.1 Å². The van der Waals surface area contributed by atoms with Crippen LogP contribution in [0.15, 0.2) is 60.7 Å². The maximum absolute atomic E-state index is 13.9. The van der Waals surface area contributed by atoms with Crippen molar-refractivity contribution in [3.8, 4) is 22.4 Å². The second kappa shape index (κ2) is 16.6. The van der Waals surface area contributed by atoms with Crippen LogP contribution in [0.2, 0.25) is 5.02 Å². The van der Waals surface area contributed by atoms with E-state index in [4.69, 9.17) is 16.7 Å². The zero-order valence-electron chi connectivity index (χ0n) is 31.4. The van der Waals surface area contributed by atoms with Crippen LogP contribution in [0.5, 0.6) is 0 Å². The van der Waals surface area contributed by atoms with Crippen molar-refractivity contribution in [2.45, 2.75) is 64.1 Å². The summed E-state index contributed by atoms with van der Waals surface area (Å²) in [7, 11) is -1.10. The Kier molecular flexibility index (Phi) is 11.4. The number of nitrogens with zero attached hydrogens (tertiary/aromatic N) is 6. The number of hydrogen-bond acceptors (Lipinski definition) is 6. The van der Waals surface area contributed by atoms with Crippen LogP contribution in [0.1, 0.15) is 59.3 Å². The molecule has 1 unspecified atom stereocenters. The van der Waals surface area contributed by atoms with Crippen LogP contribution in [-0.4, -0.2) is 105 Å². The molecule has 0 radical (unpaired) electrons. The number of piperidine rings is 1. The van der Waals surface area contributed by atoms with Crippen LogP contribution in [-0.2, 0) is 41.7 Å². The summed E-state index contributed by atoms with van der Waals surface area (Å²) in [5.74, 6) is -0.110. The number of nitrogens with one attached hydrogen (secondary N) is 1. The smallest absolute Gasteiger partial charge is 0.251 e. The fourth-order valence-electron chi connectivity index (χ4n) is 8.84. The van der Waals surface area contributed by atoms with Gasteiger partial charge >= 0.3 is 0 Å². The molecule has 2 saturated heterocycles. The van der Waals surface area contributed by atoms with Crippen LogP contribution in [0.25, 0.3) is 22.4 Å². The van der Waals surface area contributed by atoms with Crippen molar-refractivity contribution in [1.82, 2.24) is 29.2 Å². The van der Waals surface area contributed by atoms with Gasteiger partial charge in [-0.15, -0.1) is 0 Å². The van der Waals surface area contributed by atoms with Crippen molar-refractivity contribution in [3.63, 3.8) is 0 Å². The average Bonchev–Trinajstić information content (AvgIpc) is 3.92. The standard InChI is InChI=1S/C42H49ClFN7O3S/c1-55(54)49-23-15-38-36(28-49)41(46-51(38)19-4-17-47-20-13-34(14-21-47)50-18-3-7-40(50)52)31-9-11-37(43)35(26-31)30-5-2-6-32(25-30)42(53)45-16-24-48-22-12-29-8-10-33(44)27-39(29)48/h2,5-6,8-11,25-27,34H,3-4,7,12-24,28H2,1H3,(H,45,53). The molecular weight excluding hydrogens is 737 g/mol. The Hall–Kier alpha value is -4.10. The zero-order chi connectivity index (χ0) is 38.1. The fraction of sp³-hybridized carbons (Fsp3) is 0.452. The van der Waals surface area contributed by atoms with Crippen molar-refractivity contribution in [2.75, 3.05) is 63.5 Å². The first-order valence-corrected chi connectivity index (χ1v) is 21.5. The van der Waals surface area contributed by atoms with Gasteiger partial charge in [-0.3, -0.25) is 14.3 Å². The van der Waals surface area contributed by atoms with Gasteiger partial charge in [-0.25, -0.2) is 12.9 Å². The van der Waals surface area contributed by atoms with E-state index in [2.05, 4.69) is 24.7 Å². The van der Waals surface area contributed by atoms with Gasteiger partial charge in [-0.05, 0) is 86.2 Å². The number of likely N-dealkylation sites (tertiary alicyclic amines) is 2. The van der Waals surface area contributed by atoms with E-state index in [0.29, 0.717) is 55.1 Å². The highest BCUT2D eigenvalue weighted by molar-refractivity contribution is 7.81. The summed E-state index contributed by atoms with van der Waals surface area (Å²) in [6.07, 6.45) is 8.12. The minimum absolute atomic E-state index is 0.181. The third-order valence-electron chi connectivity index (χ3n) is 11.8. The normalized spacial score (nSPS) is 18.5. The van der Waals surface area contributed by atoms with Gasteiger partial charge in [-0.2, -0.15) is 5.10 Å². The molecule has 1 atom stereocenters. The minimum atomic E-state index is -1.10. The van der Waals surface area contributed by atoms with Crippen LogP contribution in [0, 0.1) is 5.82 Å². The van der Waals surface area contributed by atoms with Gasteiger partial charge in [0.15, 0.2) is 0 Å². The van der Waals surface area contributed by atoms with Crippen LogP contribution in [0.3, 0.4) is 0 Å². The Labute approximate surface area is 330 Å². The van der Waals surface area contributed by atoms with Gasteiger partial charge in [0.1, 0.15) is 5.82 Å². The Morgan fingerprint density at radius 2 is 1.80 bits per heavy atom. The number of carbonyl (C=O) groups is 2. The lowest BCUT2D eigenvalue weighted by molar-refractivity contribution is -0.130. The van der Waals surface area contributed by atoms with Crippen LogP contribution < -0.4 is 10.2 Å². The predicted octanol–water partition coefficient (Wildman–Crippen LogP) is 5.93. The van der Waals surface area contributed by atoms with E-state index in [9.17, 15) is 18.2 Å². The molecule has 4 aliphatic heterocycles. The summed E-state index contributed by atoms with van der Waals surface area (Å²) in [5, 5.41) is 8.81. The summed E-state index contributed by atoms with van der Waals surface area (Å²) >= 11 is 6.84. The minimum Gasteiger partial charge on any atom is -0.369 e. The molecule has 55 heavy (non-hydrogen) atoms. The molecule has 2 fully saturated rings. The molecule has 1 N–H and O–H groups in total. The van der Waals surface area contributed by atoms with Crippen molar-refractivity contribution < 1.29 is 18.2 Å².